The summed E-state index contributed by atoms with van der Waals surface area (Å²) in [6.45, 7) is 0.118. The molecule has 76 valence electrons. The van der Waals surface area contributed by atoms with E-state index in [1.807, 2.05) is 0 Å². The van der Waals surface area contributed by atoms with Crippen molar-refractivity contribution in [1.29, 1.82) is 0 Å². The van der Waals surface area contributed by atoms with E-state index >= 15 is 0 Å². The molecule has 0 fully saturated rings. The van der Waals surface area contributed by atoms with Gasteiger partial charge in [0.25, 0.3) is 5.24 Å². The van der Waals surface area contributed by atoms with Crippen LogP contribution in [0.2, 0.25) is 0 Å². The first-order valence-corrected chi connectivity index (χ1v) is 4.09. The predicted molar refractivity (Wildman–Crippen MR) is 51.1 cm³/mol. The van der Waals surface area contributed by atoms with Gasteiger partial charge in [-0.2, -0.15) is 0 Å². The summed E-state index contributed by atoms with van der Waals surface area (Å²) < 4.78 is 1.30. The fourth-order valence-electron chi connectivity index (χ4n) is 0.926. The highest BCUT2D eigenvalue weighted by Gasteiger charge is 2.15. The highest BCUT2D eigenvalue weighted by atomic mass is 32.1. The number of amides is 1. The molecule has 8 heteroatoms. The van der Waals surface area contributed by atoms with Gasteiger partial charge in [-0.3, -0.25) is 4.79 Å². The normalized spacial score (nSPS) is 9.86. The number of carbonyl (C=O) groups is 1. The molecule has 0 atom stereocenters. The molecule has 1 aromatic rings. The first-order valence-electron chi connectivity index (χ1n) is 3.64. The lowest BCUT2D eigenvalue weighted by atomic mass is 10.6. The van der Waals surface area contributed by atoms with Gasteiger partial charge in [-0.1, -0.05) is 12.6 Å². The van der Waals surface area contributed by atoms with Crippen molar-refractivity contribution in [2.75, 3.05) is 0 Å². The second-order valence-electron chi connectivity index (χ2n) is 2.51. The maximum atomic E-state index is 10.5. The summed E-state index contributed by atoms with van der Waals surface area (Å²) in [5.74, 6) is 0.285. The maximum Gasteiger partial charge on any atom is 0.342 e. The Bertz CT molecular complexity index is 375. The van der Waals surface area contributed by atoms with Crippen molar-refractivity contribution in [2.45, 2.75) is 6.54 Å². The topological polar surface area (TPSA) is 90.1 Å². The summed E-state index contributed by atoms with van der Waals surface area (Å²) in [4.78, 5) is 24.1. The average Bonchev–Trinajstić information content (AvgIpc) is 2.43. The monoisotopic (exact) mass is 216 g/mol. The molecule has 0 bridgehead atoms. The van der Waals surface area contributed by atoms with E-state index in [2.05, 4.69) is 22.9 Å². The molecule has 0 aliphatic rings. The van der Waals surface area contributed by atoms with E-state index in [-0.39, 0.29) is 12.4 Å². The number of carbonyl (C=O) groups excluding carboxylic acids is 1. The van der Waals surface area contributed by atoms with Crippen LogP contribution in [0, 0.1) is 10.1 Å². The number of thiol groups is 1. The molecule has 0 saturated heterocycles. The molecule has 0 aliphatic heterocycles. The minimum absolute atomic E-state index is 0.117. The molecule has 1 amide bonds. The Morgan fingerprint density at radius 1 is 1.86 bits per heavy atom. The van der Waals surface area contributed by atoms with Crippen LogP contribution in [0.4, 0.5) is 10.6 Å². The number of nitro groups is 1. The Balaban J connectivity index is 2.79. The van der Waals surface area contributed by atoms with Gasteiger partial charge in [0.1, 0.15) is 6.20 Å². The molecule has 0 radical (unpaired) electrons. The number of imidazole rings is 1. The number of rotatable bonds is 3. The summed E-state index contributed by atoms with van der Waals surface area (Å²) in [5, 5.41) is 12.3. The van der Waals surface area contributed by atoms with E-state index in [1.165, 1.54) is 11.6 Å². The van der Waals surface area contributed by atoms with Crippen molar-refractivity contribution in [3.63, 3.8) is 0 Å². The van der Waals surface area contributed by atoms with Gasteiger partial charge in [0, 0.05) is 0 Å². The molecule has 1 aromatic heterocycles. The Morgan fingerprint density at radius 3 is 2.93 bits per heavy atom. The number of hydrogen-bond acceptors (Lipinski definition) is 4. The van der Waals surface area contributed by atoms with Gasteiger partial charge in [0.2, 0.25) is 5.82 Å². The van der Waals surface area contributed by atoms with Gasteiger partial charge in [-0.05, 0) is 4.92 Å². The molecule has 0 unspecified atom stereocenters. The van der Waals surface area contributed by atoms with Crippen LogP contribution in [0.3, 0.4) is 0 Å². The zero-order valence-corrected chi connectivity index (χ0v) is 8.19. The van der Waals surface area contributed by atoms with E-state index < -0.39 is 10.2 Å². The lowest BCUT2D eigenvalue weighted by molar-refractivity contribution is -0.391. The van der Waals surface area contributed by atoms with E-state index in [4.69, 9.17) is 0 Å². The van der Waals surface area contributed by atoms with Crippen molar-refractivity contribution in [3.8, 4) is 0 Å². The molecular weight excluding hydrogens is 208 g/mol. The lowest BCUT2D eigenvalue weighted by Gasteiger charge is -1.98. The molecular formula is C6H8N4O3S. The summed E-state index contributed by atoms with van der Waals surface area (Å²) in [6, 6.07) is 0. The van der Waals surface area contributed by atoms with E-state index in [1.54, 1.807) is 0 Å². The maximum absolute atomic E-state index is 10.5. The minimum atomic E-state index is -0.543. The number of nitrogens with zero attached hydrogens (tertiary/aromatic N) is 3. The Kier molecular flexibility index (Phi) is 3.07. The summed E-state index contributed by atoms with van der Waals surface area (Å²) in [6.07, 6.45) is 1.14. The standard InChI is InChI=1S/C6H8N4O3S/c1-9-4(2-8-6(11)14)7-3-5(9)10(12)13/h3H,2H2,1H3,(H2,8,11,14). The lowest BCUT2D eigenvalue weighted by Crippen LogP contribution is -2.18. The molecule has 1 heterocycles. The SMILES string of the molecule is Cn1c([N+](=O)[O-])cnc1CNC(=O)S. The molecule has 7 nitrogen and oxygen atoms in total. The molecule has 1 N–H and O–H groups in total. The zero-order valence-electron chi connectivity index (χ0n) is 7.30. The Morgan fingerprint density at radius 2 is 2.50 bits per heavy atom. The summed E-state index contributed by atoms with van der Waals surface area (Å²) in [7, 11) is 1.51. The van der Waals surface area contributed by atoms with Crippen LogP contribution >= 0.6 is 12.6 Å². The van der Waals surface area contributed by atoms with Crippen LogP contribution in [0.25, 0.3) is 0 Å². The van der Waals surface area contributed by atoms with Gasteiger partial charge in [0.15, 0.2) is 0 Å². The third-order valence-corrected chi connectivity index (χ3v) is 1.80. The number of aromatic nitrogens is 2. The van der Waals surface area contributed by atoms with Crippen molar-refractivity contribution in [3.05, 3.63) is 22.1 Å². The first kappa shape index (κ1) is 10.5. The van der Waals surface area contributed by atoms with Crippen molar-refractivity contribution in [1.82, 2.24) is 14.9 Å². The van der Waals surface area contributed by atoms with Crippen molar-refractivity contribution >= 4 is 23.7 Å². The molecule has 0 saturated carbocycles. The van der Waals surface area contributed by atoms with E-state index in [0.717, 1.165) is 6.20 Å². The highest BCUT2D eigenvalue weighted by Crippen LogP contribution is 2.11. The second-order valence-corrected chi connectivity index (χ2v) is 2.91. The second kappa shape index (κ2) is 4.09. The molecule has 14 heavy (non-hydrogen) atoms. The quantitative estimate of drug-likeness (QED) is 0.436. The third kappa shape index (κ3) is 2.22. The highest BCUT2D eigenvalue weighted by molar-refractivity contribution is 7.96. The van der Waals surface area contributed by atoms with Crippen LogP contribution in [-0.2, 0) is 13.6 Å². The third-order valence-electron chi connectivity index (χ3n) is 1.64. The van der Waals surface area contributed by atoms with E-state index in [9.17, 15) is 14.9 Å². The van der Waals surface area contributed by atoms with Crippen molar-refractivity contribution < 1.29 is 9.72 Å². The fraction of sp³-hybridized carbons (Fsp3) is 0.333. The smallest absolute Gasteiger partial charge is 0.342 e. The summed E-state index contributed by atoms with van der Waals surface area (Å²) >= 11 is 3.49. The van der Waals surface area contributed by atoms with Gasteiger partial charge in [-0.25, -0.2) is 9.55 Å². The van der Waals surface area contributed by atoms with Crippen LogP contribution < -0.4 is 5.32 Å². The van der Waals surface area contributed by atoms with Crippen molar-refractivity contribution in [2.24, 2.45) is 7.05 Å². The molecule has 1 rings (SSSR count). The summed E-state index contributed by atoms with van der Waals surface area (Å²) in [5.41, 5.74) is 0. The molecule has 0 spiro atoms. The van der Waals surface area contributed by atoms with Crippen LogP contribution in [0.5, 0.6) is 0 Å². The molecule has 0 aromatic carbocycles. The zero-order chi connectivity index (χ0) is 10.7. The van der Waals surface area contributed by atoms with Gasteiger partial charge >= 0.3 is 5.82 Å². The first-order chi connectivity index (χ1) is 6.52. The van der Waals surface area contributed by atoms with Gasteiger partial charge in [-0.15, -0.1) is 0 Å². The number of nitrogens with one attached hydrogen (secondary N) is 1. The van der Waals surface area contributed by atoms with E-state index in [0.29, 0.717) is 5.82 Å². The Labute approximate surface area is 84.7 Å². The van der Waals surface area contributed by atoms with Crippen LogP contribution in [-0.4, -0.2) is 19.7 Å². The minimum Gasteiger partial charge on any atom is -0.358 e. The largest absolute Gasteiger partial charge is 0.358 e. The predicted octanol–water partition coefficient (Wildman–Crippen LogP) is 0.468. The van der Waals surface area contributed by atoms with Gasteiger partial charge < -0.3 is 15.4 Å². The fourth-order valence-corrected chi connectivity index (χ4v) is 1.01. The van der Waals surface area contributed by atoms with Gasteiger partial charge in [0.05, 0.1) is 13.6 Å². The Hall–Kier alpha value is -1.57. The molecule has 0 aliphatic carbocycles. The van der Waals surface area contributed by atoms with Crippen LogP contribution in [0.15, 0.2) is 6.20 Å². The average molecular weight is 216 g/mol. The number of hydrogen-bond donors (Lipinski definition) is 2. The van der Waals surface area contributed by atoms with Crippen LogP contribution in [0.1, 0.15) is 5.82 Å².